The predicted octanol–water partition coefficient (Wildman–Crippen LogP) is 4.36. The monoisotopic (exact) mass is 405 g/mol. The van der Waals surface area contributed by atoms with Crippen LogP contribution in [0.1, 0.15) is 41.4 Å². The number of ketones is 1. The number of ether oxygens (including phenoxy) is 1. The van der Waals surface area contributed by atoms with E-state index >= 15 is 0 Å². The van der Waals surface area contributed by atoms with Gasteiger partial charge in [-0.05, 0) is 54.4 Å². The van der Waals surface area contributed by atoms with Crippen molar-refractivity contribution in [2.75, 3.05) is 6.61 Å². The molecule has 0 atom stereocenters. The van der Waals surface area contributed by atoms with Crippen molar-refractivity contribution in [3.63, 3.8) is 0 Å². The molecule has 132 valence electrons. The highest BCUT2D eigenvalue weighted by Crippen LogP contribution is 2.33. The highest BCUT2D eigenvalue weighted by atomic mass is 79.9. The fraction of sp³-hybridized carbons (Fsp3) is 0.316. The molecule has 0 aliphatic heterocycles. The minimum atomic E-state index is -0.444. The van der Waals surface area contributed by atoms with Crippen molar-refractivity contribution in [3.8, 4) is 17.0 Å². The number of rotatable bonds is 6. The fourth-order valence-corrected chi connectivity index (χ4v) is 2.82. The van der Waals surface area contributed by atoms with Crippen molar-refractivity contribution < 1.29 is 19.4 Å². The maximum absolute atomic E-state index is 12.4. The summed E-state index contributed by atoms with van der Waals surface area (Å²) in [5.74, 6) is -1.07. The smallest absolute Gasteiger partial charge is 0.306 e. The number of aromatic nitrogens is 1. The maximum atomic E-state index is 12.4. The number of hydrogen-bond acceptors (Lipinski definition) is 5. The zero-order chi connectivity index (χ0) is 18.6. The first-order valence-electron chi connectivity index (χ1n) is 7.99. The summed E-state index contributed by atoms with van der Waals surface area (Å²) in [7, 11) is 0. The van der Waals surface area contributed by atoms with Gasteiger partial charge in [-0.25, -0.2) is 4.98 Å². The number of halogens is 1. The molecule has 1 N–H and O–H groups in total. The summed E-state index contributed by atoms with van der Waals surface area (Å²) >= 11 is 3.28. The third-order valence-electron chi connectivity index (χ3n) is 3.74. The van der Waals surface area contributed by atoms with Crippen molar-refractivity contribution in [1.29, 1.82) is 0 Å². The van der Waals surface area contributed by atoms with Crippen molar-refractivity contribution in [2.45, 2.75) is 33.6 Å². The lowest BCUT2D eigenvalue weighted by Gasteiger charge is -2.11. The van der Waals surface area contributed by atoms with Crippen LogP contribution in [0.4, 0.5) is 0 Å². The van der Waals surface area contributed by atoms with E-state index in [2.05, 4.69) is 20.9 Å². The zero-order valence-corrected chi connectivity index (χ0v) is 16.0. The summed E-state index contributed by atoms with van der Waals surface area (Å²) in [5, 5.41) is 10.2. The molecule has 0 aliphatic carbocycles. The molecule has 1 aromatic carbocycles. The van der Waals surface area contributed by atoms with Gasteiger partial charge in [-0.1, -0.05) is 17.7 Å². The van der Waals surface area contributed by atoms with Gasteiger partial charge in [0, 0.05) is 12.0 Å². The minimum Gasteiger partial charge on any atom is -0.504 e. The van der Waals surface area contributed by atoms with E-state index in [1.165, 1.54) is 0 Å². The third-order valence-corrected chi connectivity index (χ3v) is 4.35. The SMILES string of the molecule is CCOC(=O)CCC(=O)c1nc(-c2cc(C)ccc2C)cc(Br)c1O. The molecule has 0 unspecified atom stereocenters. The van der Waals surface area contributed by atoms with Crippen molar-refractivity contribution in [1.82, 2.24) is 4.98 Å². The molecule has 5 nitrogen and oxygen atoms in total. The Labute approximate surface area is 155 Å². The van der Waals surface area contributed by atoms with E-state index < -0.39 is 11.8 Å². The Morgan fingerprint density at radius 2 is 1.92 bits per heavy atom. The summed E-state index contributed by atoms with van der Waals surface area (Å²) < 4.78 is 5.21. The molecule has 25 heavy (non-hydrogen) atoms. The van der Waals surface area contributed by atoms with Gasteiger partial charge in [-0.15, -0.1) is 0 Å². The molecule has 0 fully saturated rings. The third kappa shape index (κ3) is 4.66. The molecule has 2 rings (SSSR count). The van der Waals surface area contributed by atoms with Gasteiger partial charge < -0.3 is 9.84 Å². The number of aryl methyl sites for hydroxylation is 2. The number of carbonyl (C=O) groups is 2. The van der Waals surface area contributed by atoms with Crippen LogP contribution in [0.2, 0.25) is 0 Å². The highest BCUT2D eigenvalue weighted by Gasteiger charge is 2.19. The molecule has 0 spiro atoms. The van der Waals surface area contributed by atoms with Crippen LogP contribution in [-0.2, 0) is 9.53 Å². The molecular formula is C19H20BrNO4. The van der Waals surface area contributed by atoms with Crippen molar-refractivity contribution in [3.05, 3.63) is 45.6 Å². The Hall–Kier alpha value is -2.21. The lowest BCUT2D eigenvalue weighted by Crippen LogP contribution is -2.10. The number of Topliss-reactive ketones (excluding diaryl/α,β-unsaturated/α-hetero) is 1. The first-order valence-corrected chi connectivity index (χ1v) is 8.78. The number of carbonyl (C=O) groups excluding carboxylic acids is 2. The second-order valence-corrected chi connectivity index (χ2v) is 6.59. The number of benzene rings is 1. The highest BCUT2D eigenvalue weighted by molar-refractivity contribution is 9.10. The summed E-state index contributed by atoms with van der Waals surface area (Å²) in [4.78, 5) is 28.2. The van der Waals surface area contributed by atoms with E-state index in [1.807, 2.05) is 32.0 Å². The van der Waals surface area contributed by atoms with Gasteiger partial charge in [0.15, 0.2) is 11.5 Å². The van der Waals surface area contributed by atoms with Crippen LogP contribution in [0.3, 0.4) is 0 Å². The molecule has 0 radical (unpaired) electrons. The Morgan fingerprint density at radius 1 is 1.20 bits per heavy atom. The molecule has 0 aliphatic rings. The van der Waals surface area contributed by atoms with Crippen LogP contribution in [0.5, 0.6) is 5.75 Å². The first-order chi connectivity index (χ1) is 11.8. The lowest BCUT2D eigenvalue weighted by atomic mass is 10.0. The van der Waals surface area contributed by atoms with Gasteiger partial charge in [0.1, 0.15) is 5.69 Å². The molecule has 0 bridgehead atoms. The predicted molar refractivity (Wildman–Crippen MR) is 98.7 cm³/mol. The van der Waals surface area contributed by atoms with E-state index in [0.29, 0.717) is 10.2 Å². The van der Waals surface area contributed by atoms with E-state index in [4.69, 9.17) is 4.74 Å². The molecule has 1 aromatic heterocycles. The number of esters is 1. The zero-order valence-electron chi connectivity index (χ0n) is 14.4. The first kappa shape index (κ1) is 19.1. The fourth-order valence-electron chi connectivity index (χ4n) is 2.42. The van der Waals surface area contributed by atoms with E-state index in [-0.39, 0.29) is 30.9 Å². The summed E-state index contributed by atoms with van der Waals surface area (Å²) in [5.41, 5.74) is 3.52. The summed E-state index contributed by atoms with van der Waals surface area (Å²) in [6.07, 6.45) is -0.110. The average molecular weight is 406 g/mol. The van der Waals surface area contributed by atoms with Crippen LogP contribution in [-0.4, -0.2) is 28.4 Å². The molecule has 6 heteroatoms. The molecule has 0 amide bonds. The van der Waals surface area contributed by atoms with Gasteiger partial charge >= 0.3 is 5.97 Å². The topological polar surface area (TPSA) is 76.5 Å². The van der Waals surface area contributed by atoms with Crippen LogP contribution in [0, 0.1) is 13.8 Å². The van der Waals surface area contributed by atoms with Crippen LogP contribution < -0.4 is 0 Å². The van der Waals surface area contributed by atoms with E-state index in [0.717, 1.165) is 16.7 Å². The quantitative estimate of drug-likeness (QED) is 0.570. The Morgan fingerprint density at radius 3 is 2.60 bits per heavy atom. The average Bonchev–Trinajstić information content (AvgIpc) is 2.57. The standard InChI is InChI=1S/C19H20BrNO4/c1-4-25-17(23)8-7-16(22)18-19(24)14(20)10-15(21-18)13-9-11(2)5-6-12(13)3/h5-6,9-10,24H,4,7-8H2,1-3H3. The number of pyridine rings is 1. The van der Waals surface area contributed by atoms with Gasteiger partial charge in [0.25, 0.3) is 0 Å². The van der Waals surface area contributed by atoms with Crippen LogP contribution in [0.15, 0.2) is 28.7 Å². The Kier molecular flexibility index (Phi) is 6.31. The Bertz CT molecular complexity index is 817. The van der Waals surface area contributed by atoms with Gasteiger partial charge in [0.05, 0.1) is 23.2 Å². The maximum Gasteiger partial charge on any atom is 0.306 e. The van der Waals surface area contributed by atoms with E-state index in [9.17, 15) is 14.7 Å². The number of nitrogens with zero attached hydrogens (tertiary/aromatic N) is 1. The molecule has 2 aromatic rings. The van der Waals surface area contributed by atoms with Gasteiger partial charge in [-0.3, -0.25) is 9.59 Å². The number of aromatic hydroxyl groups is 1. The molecular weight excluding hydrogens is 386 g/mol. The molecule has 0 saturated heterocycles. The lowest BCUT2D eigenvalue weighted by molar-refractivity contribution is -0.143. The second kappa shape index (κ2) is 8.25. The summed E-state index contributed by atoms with van der Waals surface area (Å²) in [6.45, 7) is 5.91. The molecule has 0 saturated carbocycles. The summed E-state index contributed by atoms with van der Waals surface area (Å²) in [6, 6.07) is 7.64. The largest absolute Gasteiger partial charge is 0.504 e. The minimum absolute atomic E-state index is 0.0425. The van der Waals surface area contributed by atoms with E-state index in [1.54, 1.807) is 13.0 Å². The normalized spacial score (nSPS) is 10.6. The van der Waals surface area contributed by atoms with Crippen LogP contribution in [0.25, 0.3) is 11.3 Å². The van der Waals surface area contributed by atoms with Gasteiger partial charge in [0.2, 0.25) is 0 Å². The van der Waals surface area contributed by atoms with Crippen molar-refractivity contribution in [2.24, 2.45) is 0 Å². The second-order valence-electron chi connectivity index (χ2n) is 5.73. The van der Waals surface area contributed by atoms with Gasteiger partial charge in [-0.2, -0.15) is 0 Å². The van der Waals surface area contributed by atoms with Crippen molar-refractivity contribution >= 4 is 27.7 Å². The van der Waals surface area contributed by atoms with Crippen LogP contribution >= 0.6 is 15.9 Å². The Balaban J connectivity index is 2.36. The molecule has 1 heterocycles. The number of hydrogen-bond donors (Lipinski definition) is 1.